The molecule has 0 spiro atoms. The molecule has 0 bridgehead atoms. The fourth-order valence-electron chi connectivity index (χ4n) is 2.36. The molecular weight excluding hydrogens is 355 g/mol. The van der Waals surface area contributed by atoms with Crippen molar-refractivity contribution in [2.75, 3.05) is 6.54 Å². The van der Waals surface area contributed by atoms with Crippen molar-refractivity contribution in [1.29, 1.82) is 0 Å². The van der Waals surface area contributed by atoms with Crippen LogP contribution in [-0.4, -0.2) is 50.2 Å². The molecule has 0 unspecified atom stereocenters. The molecule has 2 heterocycles. The van der Waals surface area contributed by atoms with Gasteiger partial charge in [0.05, 0.1) is 12.6 Å². The van der Waals surface area contributed by atoms with Crippen LogP contribution in [0.2, 0.25) is 0 Å². The third-order valence-corrected chi connectivity index (χ3v) is 3.72. The van der Waals surface area contributed by atoms with Crippen LogP contribution < -0.4 is 11.5 Å². The minimum Gasteiger partial charge on any atom is -0.370 e. The van der Waals surface area contributed by atoms with E-state index in [9.17, 15) is 31.5 Å². The van der Waals surface area contributed by atoms with Crippen molar-refractivity contribution in [1.82, 2.24) is 19.7 Å². The number of primary amides is 1. The van der Waals surface area contributed by atoms with Crippen LogP contribution in [0.1, 0.15) is 24.5 Å². The van der Waals surface area contributed by atoms with Crippen LogP contribution in [0.5, 0.6) is 0 Å². The fourth-order valence-corrected chi connectivity index (χ4v) is 2.36. The highest BCUT2D eigenvalue weighted by molar-refractivity contribution is 5.82. The van der Waals surface area contributed by atoms with Crippen molar-refractivity contribution >= 4 is 11.8 Å². The van der Waals surface area contributed by atoms with Gasteiger partial charge in [0.25, 0.3) is 0 Å². The number of carbonyl (C=O) groups excluding carboxylic acids is 2. The van der Waals surface area contributed by atoms with E-state index < -0.39 is 35.8 Å². The van der Waals surface area contributed by atoms with Crippen LogP contribution in [-0.2, 0) is 28.6 Å². The number of carbonyl (C=O) groups is 2. The van der Waals surface area contributed by atoms with Gasteiger partial charge in [-0.2, -0.15) is 22.0 Å². The molecule has 1 aliphatic rings. The summed E-state index contributed by atoms with van der Waals surface area (Å²) in [4.78, 5) is 24.0. The molecule has 0 fully saturated rings. The van der Waals surface area contributed by atoms with Crippen molar-refractivity contribution in [3.8, 4) is 0 Å². The van der Waals surface area contributed by atoms with Gasteiger partial charge in [-0.1, -0.05) is 0 Å². The summed E-state index contributed by atoms with van der Waals surface area (Å²) in [5.41, 5.74) is 10.6. The van der Waals surface area contributed by atoms with Gasteiger partial charge in [0.1, 0.15) is 0 Å². The zero-order chi connectivity index (χ0) is 19.0. The van der Waals surface area contributed by atoms with Gasteiger partial charge in [-0.25, -0.2) is 0 Å². The second kappa shape index (κ2) is 6.54. The topological polar surface area (TPSA) is 120 Å². The third-order valence-electron chi connectivity index (χ3n) is 3.72. The van der Waals surface area contributed by atoms with Crippen LogP contribution in [0.3, 0.4) is 0 Å². The molecule has 0 saturated heterocycles. The number of hydrogen-bond donors (Lipinski definition) is 2. The number of halogens is 5. The number of rotatable bonds is 5. The summed E-state index contributed by atoms with van der Waals surface area (Å²) in [6, 6.07) is -1.04. The highest BCUT2D eigenvalue weighted by Crippen LogP contribution is 2.43. The van der Waals surface area contributed by atoms with Crippen molar-refractivity contribution in [2.45, 2.75) is 44.1 Å². The molecule has 0 aliphatic carbocycles. The average Bonchev–Trinajstić information content (AvgIpc) is 2.94. The predicted octanol–water partition coefficient (Wildman–Crippen LogP) is -0.133. The second-order valence-corrected chi connectivity index (χ2v) is 5.53. The minimum absolute atomic E-state index is 0.00521. The predicted molar refractivity (Wildman–Crippen MR) is 71.8 cm³/mol. The standard InChI is InChI=1S/C12H15F5N6O2/c13-11(14,12(15,16)17)10-21-20-8-5-22(3-4-23(8)10)9(25)6(18)1-2-7(19)24/h6H,1-5,18H2,(H2,19,24)/t6-/m0/s1. The summed E-state index contributed by atoms with van der Waals surface area (Å²) >= 11 is 0. The Labute approximate surface area is 137 Å². The van der Waals surface area contributed by atoms with Crippen molar-refractivity contribution in [2.24, 2.45) is 11.5 Å². The maximum atomic E-state index is 13.5. The van der Waals surface area contributed by atoms with Crippen molar-refractivity contribution in [3.63, 3.8) is 0 Å². The monoisotopic (exact) mass is 370 g/mol. The van der Waals surface area contributed by atoms with Gasteiger partial charge < -0.3 is 20.9 Å². The van der Waals surface area contributed by atoms with E-state index in [1.54, 1.807) is 0 Å². The summed E-state index contributed by atoms with van der Waals surface area (Å²) in [7, 11) is 0. The van der Waals surface area contributed by atoms with Crippen molar-refractivity contribution < 1.29 is 31.5 Å². The van der Waals surface area contributed by atoms with Crippen LogP contribution in [0, 0.1) is 0 Å². The van der Waals surface area contributed by atoms with Gasteiger partial charge in [-0.15, -0.1) is 10.2 Å². The lowest BCUT2D eigenvalue weighted by Gasteiger charge is -2.30. The van der Waals surface area contributed by atoms with Gasteiger partial charge in [0.2, 0.25) is 17.6 Å². The molecule has 0 saturated carbocycles. The van der Waals surface area contributed by atoms with Crippen LogP contribution in [0.25, 0.3) is 0 Å². The Morgan fingerprint density at radius 2 is 1.80 bits per heavy atom. The van der Waals surface area contributed by atoms with Gasteiger partial charge in [-0.05, 0) is 6.42 Å². The Kier molecular flexibility index (Phi) is 4.97. The maximum Gasteiger partial charge on any atom is 0.461 e. The molecule has 1 aromatic heterocycles. The molecule has 1 aromatic rings. The van der Waals surface area contributed by atoms with E-state index in [-0.39, 0.29) is 38.3 Å². The molecule has 25 heavy (non-hydrogen) atoms. The zero-order valence-electron chi connectivity index (χ0n) is 12.8. The normalized spacial score (nSPS) is 16.5. The fraction of sp³-hybridized carbons (Fsp3) is 0.667. The molecule has 1 atom stereocenters. The first-order valence-electron chi connectivity index (χ1n) is 7.15. The quantitative estimate of drug-likeness (QED) is 0.700. The highest BCUT2D eigenvalue weighted by Gasteiger charge is 2.62. The summed E-state index contributed by atoms with van der Waals surface area (Å²) < 4.78 is 65.0. The Balaban J connectivity index is 2.13. The number of hydrogen-bond acceptors (Lipinski definition) is 5. The molecule has 140 valence electrons. The lowest BCUT2D eigenvalue weighted by molar-refractivity contribution is -0.293. The van der Waals surface area contributed by atoms with Crippen LogP contribution in [0.4, 0.5) is 22.0 Å². The lowest BCUT2D eigenvalue weighted by Crippen LogP contribution is -2.48. The Morgan fingerprint density at radius 1 is 1.16 bits per heavy atom. The van der Waals surface area contributed by atoms with Gasteiger partial charge in [0, 0.05) is 19.5 Å². The first-order valence-corrected chi connectivity index (χ1v) is 7.15. The molecule has 13 heteroatoms. The van der Waals surface area contributed by atoms with E-state index in [0.717, 1.165) is 4.90 Å². The smallest absolute Gasteiger partial charge is 0.370 e. The molecule has 1 aliphatic heterocycles. The second-order valence-electron chi connectivity index (χ2n) is 5.53. The van der Waals surface area contributed by atoms with E-state index in [1.807, 2.05) is 0 Å². The molecule has 0 aromatic carbocycles. The van der Waals surface area contributed by atoms with Crippen LogP contribution in [0.15, 0.2) is 0 Å². The van der Waals surface area contributed by atoms with E-state index >= 15 is 0 Å². The van der Waals surface area contributed by atoms with Gasteiger partial charge >= 0.3 is 12.1 Å². The molecule has 4 N–H and O–H groups in total. The minimum atomic E-state index is -5.80. The summed E-state index contributed by atoms with van der Waals surface area (Å²) in [5, 5.41) is 6.27. The molecule has 2 amide bonds. The maximum absolute atomic E-state index is 13.5. The first-order chi connectivity index (χ1) is 11.4. The first kappa shape index (κ1) is 19.0. The number of amides is 2. The number of fused-ring (bicyclic) bond motifs is 1. The van der Waals surface area contributed by atoms with E-state index in [1.165, 1.54) is 0 Å². The van der Waals surface area contributed by atoms with Crippen molar-refractivity contribution in [3.05, 3.63) is 11.6 Å². The van der Waals surface area contributed by atoms with Gasteiger partial charge in [-0.3, -0.25) is 9.59 Å². The Bertz CT molecular complexity index is 673. The number of aromatic nitrogens is 3. The van der Waals surface area contributed by atoms with E-state index in [2.05, 4.69) is 10.2 Å². The highest BCUT2D eigenvalue weighted by atomic mass is 19.4. The Morgan fingerprint density at radius 3 is 2.36 bits per heavy atom. The van der Waals surface area contributed by atoms with Crippen LogP contribution >= 0.6 is 0 Å². The number of nitrogens with two attached hydrogens (primary N) is 2. The summed E-state index contributed by atoms with van der Waals surface area (Å²) in [6.45, 7) is -0.795. The molecular formula is C12H15F5N6O2. The molecule has 8 nitrogen and oxygen atoms in total. The Hall–Kier alpha value is -2.31. The zero-order valence-corrected chi connectivity index (χ0v) is 12.8. The largest absolute Gasteiger partial charge is 0.461 e. The SMILES string of the molecule is NC(=O)CC[C@H](N)C(=O)N1CCn2c(nnc2C(F)(F)C(F)(F)F)C1. The summed E-state index contributed by atoms with van der Waals surface area (Å²) in [5.74, 6) is -8.09. The molecule has 0 radical (unpaired) electrons. The number of nitrogens with zero attached hydrogens (tertiary/aromatic N) is 4. The summed E-state index contributed by atoms with van der Waals surface area (Å²) in [6.07, 6.45) is -5.92. The number of alkyl halides is 5. The van der Waals surface area contributed by atoms with E-state index in [0.29, 0.717) is 4.57 Å². The van der Waals surface area contributed by atoms with E-state index in [4.69, 9.17) is 11.5 Å². The van der Waals surface area contributed by atoms with Gasteiger partial charge in [0.15, 0.2) is 5.82 Å². The lowest BCUT2D eigenvalue weighted by atomic mass is 10.1. The molecule has 2 rings (SSSR count). The third kappa shape index (κ3) is 3.70. The average molecular weight is 370 g/mol.